The Morgan fingerprint density at radius 2 is 1.85 bits per heavy atom. The first-order chi connectivity index (χ1) is 16.3. The normalized spacial score (nSPS) is 11.4. The maximum absolute atomic E-state index is 12.4. The number of carbonyl (C=O) groups is 4. The highest BCUT2D eigenvalue weighted by Gasteiger charge is 2.22. The Bertz CT molecular complexity index is 1020. The van der Waals surface area contributed by atoms with Crippen LogP contribution in [0.15, 0.2) is 34.7 Å². The highest BCUT2D eigenvalue weighted by molar-refractivity contribution is 5.94. The van der Waals surface area contributed by atoms with Gasteiger partial charge in [-0.25, -0.2) is 10.3 Å². The number of carbonyl (C=O) groups excluding carboxylic acids is 3. The van der Waals surface area contributed by atoms with Crippen molar-refractivity contribution in [2.24, 2.45) is 5.92 Å². The van der Waals surface area contributed by atoms with Gasteiger partial charge in [0.2, 0.25) is 11.8 Å². The van der Waals surface area contributed by atoms with Crippen LogP contribution in [0.5, 0.6) is 5.75 Å². The molecule has 1 aromatic heterocycles. The predicted molar refractivity (Wildman–Crippen MR) is 120 cm³/mol. The molecule has 5 N–H and O–H groups in total. The predicted octanol–water partition coefficient (Wildman–Crippen LogP) is 2.55. The largest absolute Gasteiger partial charge is 0.496 e. The second-order valence-corrected chi connectivity index (χ2v) is 7.54. The summed E-state index contributed by atoms with van der Waals surface area (Å²) in [6.07, 6.45) is 2.92. The van der Waals surface area contributed by atoms with Gasteiger partial charge in [0.05, 0.1) is 13.8 Å². The standard InChI is InChI=1S/C23H29N3O8/c1-3-4-5-6-15(12-20(27)26-32)21(28)24-13-25-22(29)19-10-9-17(34-19)14-7-8-18(33-2)16(11-14)23(30)31/h7-11,15,32H,3-6,12-13H2,1-2H3,(H,24,28)(H,25,29)(H,26,27)(H,30,31)/t15-/m1/s1. The van der Waals surface area contributed by atoms with Crippen molar-refractivity contribution < 1.29 is 38.6 Å². The average molecular weight is 475 g/mol. The van der Waals surface area contributed by atoms with Crippen molar-refractivity contribution in [3.8, 4) is 17.1 Å². The third-order valence-electron chi connectivity index (χ3n) is 5.14. The van der Waals surface area contributed by atoms with Crippen LogP contribution in [0.4, 0.5) is 0 Å². The minimum Gasteiger partial charge on any atom is -0.496 e. The Hall–Kier alpha value is -3.86. The highest BCUT2D eigenvalue weighted by Crippen LogP contribution is 2.28. The van der Waals surface area contributed by atoms with E-state index in [0.717, 1.165) is 19.3 Å². The second kappa shape index (κ2) is 13.0. The third kappa shape index (κ3) is 7.34. The van der Waals surface area contributed by atoms with E-state index in [0.29, 0.717) is 12.0 Å². The molecule has 0 aliphatic rings. The van der Waals surface area contributed by atoms with Crippen LogP contribution in [0.25, 0.3) is 11.3 Å². The van der Waals surface area contributed by atoms with E-state index in [1.54, 1.807) is 6.07 Å². The lowest BCUT2D eigenvalue weighted by Crippen LogP contribution is -2.41. The van der Waals surface area contributed by atoms with E-state index in [1.807, 2.05) is 6.92 Å². The zero-order valence-corrected chi connectivity index (χ0v) is 19.1. The summed E-state index contributed by atoms with van der Waals surface area (Å²) in [6, 6.07) is 7.43. The summed E-state index contributed by atoms with van der Waals surface area (Å²) < 4.78 is 10.6. The van der Waals surface area contributed by atoms with E-state index in [2.05, 4.69) is 10.6 Å². The van der Waals surface area contributed by atoms with Crippen LogP contribution >= 0.6 is 0 Å². The molecule has 1 aromatic carbocycles. The van der Waals surface area contributed by atoms with Crippen LogP contribution in [-0.2, 0) is 9.59 Å². The molecule has 0 spiro atoms. The number of unbranched alkanes of at least 4 members (excludes halogenated alkanes) is 2. The number of furan rings is 1. The fourth-order valence-corrected chi connectivity index (χ4v) is 3.32. The van der Waals surface area contributed by atoms with Crippen molar-refractivity contribution in [2.45, 2.75) is 39.0 Å². The van der Waals surface area contributed by atoms with E-state index in [4.69, 9.17) is 14.4 Å². The molecule has 1 heterocycles. The number of nitrogens with one attached hydrogen (secondary N) is 3. The van der Waals surface area contributed by atoms with Gasteiger partial charge in [-0.1, -0.05) is 26.2 Å². The molecule has 2 aromatic rings. The van der Waals surface area contributed by atoms with Gasteiger partial charge in [-0.2, -0.15) is 0 Å². The highest BCUT2D eigenvalue weighted by atomic mass is 16.5. The molecular weight excluding hydrogens is 446 g/mol. The third-order valence-corrected chi connectivity index (χ3v) is 5.14. The number of methoxy groups -OCH3 is 1. The number of hydrogen-bond donors (Lipinski definition) is 5. The van der Waals surface area contributed by atoms with Crippen molar-refractivity contribution in [3.63, 3.8) is 0 Å². The lowest BCUT2D eigenvalue weighted by molar-refractivity contribution is -0.135. The first-order valence-corrected chi connectivity index (χ1v) is 10.8. The molecule has 1 atom stereocenters. The molecule has 0 aliphatic heterocycles. The average Bonchev–Trinajstić information content (AvgIpc) is 3.33. The zero-order valence-electron chi connectivity index (χ0n) is 19.1. The van der Waals surface area contributed by atoms with Gasteiger partial charge in [0.25, 0.3) is 5.91 Å². The topological polar surface area (TPSA) is 167 Å². The number of carboxylic acids is 1. The van der Waals surface area contributed by atoms with Gasteiger partial charge < -0.3 is 24.9 Å². The van der Waals surface area contributed by atoms with Crippen molar-refractivity contribution in [2.75, 3.05) is 13.8 Å². The maximum Gasteiger partial charge on any atom is 0.339 e. The molecule has 0 aliphatic carbocycles. The van der Waals surface area contributed by atoms with Gasteiger partial charge in [0.15, 0.2) is 5.76 Å². The van der Waals surface area contributed by atoms with Crippen LogP contribution in [0.1, 0.15) is 59.9 Å². The van der Waals surface area contributed by atoms with Gasteiger partial charge >= 0.3 is 5.97 Å². The fraction of sp³-hybridized carbons (Fsp3) is 0.391. The monoisotopic (exact) mass is 475 g/mol. The maximum atomic E-state index is 12.4. The van der Waals surface area contributed by atoms with E-state index in [1.165, 1.54) is 36.9 Å². The van der Waals surface area contributed by atoms with Crippen molar-refractivity contribution in [1.82, 2.24) is 16.1 Å². The summed E-state index contributed by atoms with van der Waals surface area (Å²) in [6.45, 7) is 1.83. The lowest BCUT2D eigenvalue weighted by Gasteiger charge is -2.16. The van der Waals surface area contributed by atoms with E-state index >= 15 is 0 Å². The van der Waals surface area contributed by atoms with Crippen LogP contribution < -0.4 is 20.9 Å². The van der Waals surface area contributed by atoms with Gasteiger partial charge in [0.1, 0.15) is 17.1 Å². The molecule has 11 heteroatoms. The number of amides is 3. The summed E-state index contributed by atoms with van der Waals surface area (Å²) in [5.74, 6) is -3.02. The van der Waals surface area contributed by atoms with Gasteiger partial charge in [-0.15, -0.1) is 0 Å². The van der Waals surface area contributed by atoms with Crippen LogP contribution in [0, 0.1) is 5.92 Å². The summed E-state index contributed by atoms with van der Waals surface area (Å²) in [5, 5.41) is 23.1. The first kappa shape index (κ1) is 26.4. The SMILES string of the molecule is CCCCC[C@H](CC(=O)NO)C(=O)NCNC(=O)c1ccc(-c2ccc(OC)c(C(=O)O)c2)o1. The molecule has 0 fully saturated rings. The van der Waals surface area contributed by atoms with Gasteiger partial charge in [0, 0.05) is 17.9 Å². The smallest absolute Gasteiger partial charge is 0.339 e. The fourth-order valence-electron chi connectivity index (χ4n) is 3.32. The number of hydrogen-bond acceptors (Lipinski definition) is 7. The summed E-state index contributed by atoms with van der Waals surface area (Å²) in [4.78, 5) is 47.7. The molecule has 0 saturated carbocycles. The Morgan fingerprint density at radius 1 is 1.09 bits per heavy atom. The molecule has 0 radical (unpaired) electrons. The minimum atomic E-state index is -1.16. The Kier molecular flexibility index (Phi) is 10.1. The molecule has 34 heavy (non-hydrogen) atoms. The summed E-state index contributed by atoms with van der Waals surface area (Å²) in [7, 11) is 1.37. The Morgan fingerprint density at radius 3 is 2.50 bits per heavy atom. The first-order valence-electron chi connectivity index (χ1n) is 10.8. The number of rotatable bonds is 13. The van der Waals surface area contributed by atoms with Crippen LogP contribution in [0.3, 0.4) is 0 Å². The van der Waals surface area contributed by atoms with Crippen LogP contribution in [-0.4, -0.2) is 47.8 Å². The molecular formula is C23H29N3O8. The van der Waals surface area contributed by atoms with Crippen molar-refractivity contribution in [1.29, 1.82) is 0 Å². The van der Waals surface area contributed by atoms with Gasteiger partial charge in [-0.3, -0.25) is 19.6 Å². The Labute approximate surface area is 196 Å². The number of ether oxygens (including phenoxy) is 1. The van der Waals surface area contributed by atoms with Crippen molar-refractivity contribution in [3.05, 3.63) is 41.7 Å². The molecule has 184 valence electrons. The molecule has 3 amide bonds. The summed E-state index contributed by atoms with van der Waals surface area (Å²) in [5.41, 5.74) is 1.93. The van der Waals surface area contributed by atoms with E-state index in [9.17, 15) is 24.3 Å². The minimum absolute atomic E-state index is 0.0314. The van der Waals surface area contributed by atoms with Crippen LogP contribution in [0.2, 0.25) is 0 Å². The van der Waals surface area contributed by atoms with Crippen molar-refractivity contribution >= 4 is 23.7 Å². The van der Waals surface area contributed by atoms with E-state index in [-0.39, 0.29) is 35.9 Å². The Balaban J connectivity index is 1.97. The zero-order chi connectivity index (χ0) is 25.1. The molecule has 11 nitrogen and oxygen atoms in total. The molecule has 0 unspecified atom stereocenters. The molecule has 2 rings (SSSR count). The van der Waals surface area contributed by atoms with E-state index < -0.39 is 29.6 Å². The second-order valence-electron chi connectivity index (χ2n) is 7.54. The molecule has 0 saturated heterocycles. The number of hydroxylamine groups is 1. The number of aromatic carboxylic acids is 1. The lowest BCUT2D eigenvalue weighted by atomic mass is 9.96. The number of carboxylic acid groups (broad SMARTS) is 1. The molecule has 0 bridgehead atoms. The summed E-state index contributed by atoms with van der Waals surface area (Å²) >= 11 is 0. The number of benzene rings is 1. The van der Waals surface area contributed by atoms with Gasteiger partial charge in [-0.05, 0) is 36.8 Å². The quantitative estimate of drug-likeness (QED) is 0.127.